The highest BCUT2D eigenvalue weighted by atomic mass is 79.9. The zero-order chi connectivity index (χ0) is 8.97. The molecule has 0 bridgehead atoms. The highest BCUT2D eigenvalue weighted by Gasteiger charge is 2.07. The molecule has 1 nitrogen and oxygen atoms in total. The van der Waals surface area contributed by atoms with E-state index in [1.54, 1.807) is 11.3 Å². The maximum absolute atomic E-state index is 4.44. The Morgan fingerprint density at radius 3 is 2.83 bits per heavy atom. The van der Waals surface area contributed by atoms with Gasteiger partial charge in [-0.25, -0.2) is 4.98 Å². The topological polar surface area (TPSA) is 12.9 Å². The molecule has 3 heteroatoms. The summed E-state index contributed by atoms with van der Waals surface area (Å²) >= 11 is 5.29. The number of halogens is 1. The van der Waals surface area contributed by atoms with Crippen molar-refractivity contribution in [1.29, 1.82) is 0 Å². The molecular formula is C9H14BrNS. The standard InChI is InChI=1S/C9H14BrNS/c1-3-8(5-10)4-9-11-7(2)6-12-9/h6,8H,3-5H2,1-2H3. The van der Waals surface area contributed by atoms with Crippen LogP contribution in [0.25, 0.3) is 0 Å². The number of hydrogen-bond acceptors (Lipinski definition) is 2. The lowest BCUT2D eigenvalue weighted by molar-refractivity contribution is 0.571. The minimum Gasteiger partial charge on any atom is -0.247 e. The summed E-state index contributed by atoms with van der Waals surface area (Å²) in [4.78, 5) is 4.44. The largest absolute Gasteiger partial charge is 0.247 e. The second kappa shape index (κ2) is 4.97. The summed E-state index contributed by atoms with van der Waals surface area (Å²) < 4.78 is 0. The van der Waals surface area contributed by atoms with E-state index in [-0.39, 0.29) is 0 Å². The van der Waals surface area contributed by atoms with Gasteiger partial charge in [-0.15, -0.1) is 11.3 Å². The highest BCUT2D eigenvalue weighted by Crippen LogP contribution is 2.17. The van der Waals surface area contributed by atoms with Gasteiger partial charge in [0.2, 0.25) is 0 Å². The fourth-order valence-corrected chi connectivity index (χ4v) is 2.63. The van der Waals surface area contributed by atoms with E-state index in [0.29, 0.717) is 0 Å². The van der Waals surface area contributed by atoms with Crippen LogP contribution in [0, 0.1) is 12.8 Å². The van der Waals surface area contributed by atoms with Crippen LogP contribution in [-0.4, -0.2) is 10.3 Å². The van der Waals surface area contributed by atoms with Gasteiger partial charge in [-0.05, 0) is 12.8 Å². The first-order valence-electron chi connectivity index (χ1n) is 4.23. The van der Waals surface area contributed by atoms with Gasteiger partial charge in [0.15, 0.2) is 0 Å². The second-order valence-corrected chi connectivity index (χ2v) is 4.61. The van der Waals surface area contributed by atoms with Gasteiger partial charge in [-0.3, -0.25) is 0 Å². The molecule has 0 aliphatic rings. The molecule has 0 radical (unpaired) electrons. The minimum atomic E-state index is 0.746. The Balaban J connectivity index is 2.50. The van der Waals surface area contributed by atoms with E-state index in [9.17, 15) is 0 Å². The molecule has 1 aromatic rings. The lowest BCUT2D eigenvalue weighted by Gasteiger charge is -2.07. The second-order valence-electron chi connectivity index (χ2n) is 3.02. The number of nitrogens with zero attached hydrogens (tertiary/aromatic N) is 1. The average Bonchev–Trinajstić information content (AvgIpc) is 2.47. The molecule has 0 N–H and O–H groups in total. The van der Waals surface area contributed by atoms with E-state index in [2.05, 4.69) is 40.1 Å². The van der Waals surface area contributed by atoms with Crippen LogP contribution in [0.2, 0.25) is 0 Å². The summed E-state index contributed by atoms with van der Waals surface area (Å²) in [5, 5.41) is 4.48. The Hall–Kier alpha value is 0.110. The van der Waals surface area contributed by atoms with Crippen LogP contribution in [0.15, 0.2) is 5.38 Å². The Morgan fingerprint density at radius 2 is 2.42 bits per heavy atom. The zero-order valence-electron chi connectivity index (χ0n) is 7.51. The molecule has 0 aromatic carbocycles. The van der Waals surface area contributed by atoms with Gasteiger partial charge in [0.05, 0.1) is 5.01 Å². The van der Waals surface area contributed by atoms with E-state index in [1.165, 1.54) is 11.4 Å². The van der Waals surface area contributed by atoms with Crippen LogP contribution in [0.5, 0.6) is 0 Å². The minimum absolute atomic E-state index is 0.746. The molecule has 0 amide bonds. The first-order valence-corrected chi connectivity index (χ1v) is 6.23. The van der Waals surface area contributed by atoms with Crippen LogP contribution in [0.3, 0.4) is 0 Å². The quantitative estimate of drug-likeness (QED) is 0.744. The zero-order valence-corrected chi connectivity index (χ0v) is 9.91. The van der Waals surface area contributed by atoms with Gasteiger partial charge < -0.3 is 0 Å². The number of rotatable bonds is 4. The van der Waals surface area contributed by atoms with Gasteiger partial charge >= 0.3 is 0 Å². The lowest BCUT2D eigenvalue weighted by Crippen LogP contribution is -2.03. The molecule has 0 aliphatic heterocycles. The van der Waals surface area contributed by atoms with Gasteiger partial charge in [0.1, 0.15) is 0 Å². The van der Waals surface area contributed by atoms with Crippen LogP contribution >= 0.6 is 27.3 Å². The Labute approximate surface area is 86.3 Å². The molecule has 1 heterocycles. The fourth-order valence-electron chi connectivity index (χ4n) is 1.05. The Bertz CT molecular complexity index is 230. The third kappa shape index (κ3) is 2.87. The van der Waals surface area contributed by atoms with E-state index >= 15 is 0 Å². The molecule has 1 rings (SSSR count). The first-order chi connectivity index (χ1) is 5.76. The molecule has 1 unspecified atom stereocenters. The van der Waals surface area contributed by atoms with Crippen molar-refractivity contribution in [3.05, 3.63) is 16.1 Å². The van der Waals surface area contributed by atoms with E-state index < -0.39 is 0 Å². The number of hydrogen-bond donors (Lipinski definition) is 0. The molecule has 68 valence electrons. The summed E-state index contributed by atoms with van der Waals surface area (Å²) in [7, 11) is 0. The molecule has 0 saturated heterocycles. The van der Waals surface area contributed by atoms with Crippen molar-refractivity contribution < 1.29 is 0 Å². The van der Waals surface area contributed by atoms with Gasteiger partial charge in [-0.1, -0.05) is 29.3 Å². The van der Waals surface area contributed by atoms with E-state index in [1.807, 2.05) is 0 Å². The third-order valence-electron chi connectivity index (χ3n) is 1.93. The number of aromatic nitrogens is 1. The van der Waals surface area contributed by atoms with E-state index in [4.69, 9.17) is 0 Å². The molecule has 12 heavy (non-hydrogen) atoms. The SMILES string of the molecule is CCC(CBr)Cc1nc(C)cs1. The van der Waals surface area contributed by atoms with Crippen LogP contribution in [-0.2, 0) is 6.42 Å². The van der Waals surface area contributed by atoms with Crippen molar-refractivity contribution >= 4 is 27.3 Å². The maximum atomic E-state index is 4.44. The molecule has 1 aromatic heterocycles. The lowest BCUT2D eigenvalue weighted by atomic mass is 10.1. The van der Waals surface area contributed by atoms with Crippen molar-refractivity contribution in [2.24, 2.45) is 5.92 Å². The predicted molar refractivity (Wildman–Crippen MR) is 58.1 cm³/mol. The third-order valence-corrected chi connectivity index (χ3v) is 3.83. The number of thiazole rings is 1. The van der Waals surface area contributed by atoms with Crippen molar-refractivity contribution in [2.45, 2.75) is 26.7 Å². The normalized spacial score (nSPS) is 13.2. The van der Waals surface area contributed by atoms with Crippen molar-refractivity contribution in [2.75, 3.05) is 5.33 Å². The summed E-state index contributed by atoms with van der Waals surface area (Å²) in [6.45, 7) is 4.28. The molecule has 0 saturated carbocycles. The summed E-state index contributed by atoms with van der Waals surface area (Å²) in [5.41, 5.74) is 1.15. The smallest absolute Gasteiger partial charge is 0.0931 e. The van der Waals surface area contributed by atoms with Crippen molar-refractivity contribution in [1.82, 2.24) is 4.98 Å². The first kappa shape index (κ1) is 10.2. The van der Waals surface area contributed by atoms with Crippen molar-refractivity contribution in [3.8, 4) is 0 Å². The molecule has 0 spiro atoms. The predicted octanol–water partition coefficient (Wildman–Crippen LogP) is 3.42. The van der Waals surface area contributed by atoms with E-state index in [0.717, 1.165) is 23.4 Å². The number of alkyl halides is 1. The van der Waals surface area contributed by atoms with Crippen molar-refractivity contribution in [3.63, 3.8) is 0 Å². The van der Waals surface area contributed by atoms with Crippen LogP contribution < -0.4 is 0 Å². The van der Waals surface area contributed by atoms with Gasteiger partial charge in [0, 0.05) is 22.8 Å². The molecule has 0 aliphatic carbocycles. The number of aryl methyl sites for hydroxylation is 1. The van der Waals surface area contributed by atoms with Crippen LogP contribution in [0.1, 0.15) is 24.0 Å². The molecule has 1 atom stereocenters. The summed E-state index contributed by atoms with van der Waals surface area (Å²) in [6.07, 6.45) is 2.35. The molecular weight excluding hydrogens is 234 g/mol. The summed E-state index contributed by atoms with van der Waals surface area (Å²) in [5.74, 6) is 0.746. The summed E-state index contributed by atoms with van der Waals surface area (Å²) in [6, 6.07) is 0. The maximum Gasteiger partial charge on any atom is 0.0931 e. The monoisotopic (exact) mass is 247 g/mol. The van der Waals surface area contributed by atoms with Gasteiger partial charge in [0.25, 0.3) is 0 Å². The Morgan fingerprint density at radius 1 is 1.67 bits per heavy atom. The van der Waals surface area contributed by atoms with Gasteiger partial charge in [-0.2, -0.15) is 0 Å². The Kier molecular flexibility index (Phi) is 4.22. The molecule has 0 fully saturated rings. The highest BCUT2D eigenvalue weighted by molar-refractivity contribution is 9.09. The fraction of sp³-hybridized carbons (Fsp3) is 0.667. The van der Waals surface area contributed by atoms with Crippen LogP contribution in [0.4, 0.5) is 0 Å². The average molecular weight is 248 g/mol.